The standard InChI is InChI=1S/C16H20N2O4/c1-21-10-7-11-3-2-4-13-14(11)17-15(22-13)12-5-8-18(9-6-12)16(19)20/h2-4,12H,5-10H2,1H3,(H,19,20). The van der Waals surface area contributed by atoms with Gasteiger partial charge in [-0.05, 0) is 30.9 Å². The molecular weight excluding hydrogens is 284 g/mol. The van der Waals surface area contributed by atoms with Crippen LogP contribution in [0.4, 0.5) is 4.79 Å². The van der Waals surface area contributed by atoms with Gasteiger partial charge < -0.3 is 19.2 Å². The van der Waals surface area contributed by atoms with E-state index < -0.39 is 6.09 Å². The second-order valence-electron chi connectivity index (χ2n) is 5.60. The maximum Gasteiger partial charge on any atom is 0.407 e. The fourth-order valence-corrected chi connectivity index (χ4v) is 2.93. The van der Waals surface area contributed by atoms with Gasteiger partial charge in [0.2, 0.25) is 0 Å². The summed E-state index contributed by atoms with van der Waals surface area (Å²) in [5.74, 6) is 0.920. The Kier molecular flexibility index (Phi) is 4.29. The number of hydrogen-bond donors (Lipinski definition) is 1. The largest absolute Gasteiger partial charge is 0.465 e. The highest BCUT2D eigenvalue weighted by molar-refractivity contribution is 5.76. The first-order valence-electron chi connectivity index (χ1n) is 7.54. The smallest absolute Gasteiger partial charge is 0.407 e. The van der Waals surface area contributed by atoms with Crippen molar-refractivity contribution in [1.29, 1.82) is 0 Å². The second kappa shape index (κ2) is 6.36. The first-order valence-corrected chi connectivity index (χ1v) is 7.54. The average molecular weight is 304 g/mol. The number of carbonyl (C=O) groups is 1. The molecule has 0 spiro atoms. The number of likely N-dealkylation sites (tertiary alicyclic amines) is 1. The fourth-order valence-electron chi connectivity index (χ4n) is 2.93. The van der Waals surface area contributed by atoms with E-state index in [9.17, 15) is 4.79 Å². The Bertz CT molecular complexity index is 659. The number of oxazole rings is 1. The third-order valence-electron chi connectivity index (χ3n) is 4.21. The lowest BCUT2D eigenvalue weighted by molar-refractivity contribution is 0.129. The fraction of sp³-hybridized carbons (Fsp3) is 0.500. The Morgan fingerprint density at radius 1 is 1.45 bits per heavy atom. The Balaban J connectivity index is 1.79. The van der Waals surface area contributed by atoms with Crippen LogP contribution >= 0.6 is 0 Å². The van der Waals surface area contributed by atoms with Gasteiger partial charge in [-0.2, -0.15) is 0 Å². The van der Waals surface area contributed by atoms with E-state index >= 15 is 0 Å². The van der Waals surface area contributed by atoms with Crippen LogP contribution in [0.1, 0.15) is 30.2 Å². The van der Waals surface area contributed by atoms with Crippen LogP contribution in [0.3, 0.4) is 0 Å². The number of carboxylic acid groups (broad SMARTS) is 1. The van der Waals surface area contributed by atoms with E-state index in [4.69, 9.17) is 14.3 Å². The lowest BCUT2D eigenvalue weighted by Crippen LogP contribution is -2.36. The number of ether oxygens (including phenoxy) is 1. The number of methoxy groups -OCH3 is 1. The lowest BCUT2D eigenvalue weighted by Gasteiger charge is -2.28. The number of hydrogen-bond acceptors (Lipinski definition) is 4. The van der Waals surface area contributed by atoms with Gasteiger partial charge in [-0.15, -0.1) is 0 Å². The van der Waals surface area contributed by atoms with Crippen LogP contribution in [0.5, 0.6) is 0 Å². The van der Waals surface area contributed by atoms with Crippen molar-refractivity contribution in [3.05, 3.63) is 29.7 Å². The summed E-state index contributed by atoms with van der Waals surface area (Å²) in [4.78, 5) is 17.1. The third-order valence-corrected chi connectivity index (χ3v) is 4.21. The van der Waals surface area contributed by atoms with Gasteiger partial charge in [0.05, 0.1) is 6.61 Å². The molecule has 2 aromatic rings. The quantitative estimate of drug-likeness (QED) is 0.940. The Labute approximate surface area is 128 Å². The average Bonchev–Trinajstić information content (AvgIpc) is 2.97. The zero-order chi connectivity index (χ0) is 15.5. The molecule has 118 valence electrons. The summed E-state index contributed by atoms with van der Waals surface area (Å²) in [7, 11) is 1.69. The minimum Gasteiger partial charge on any atom is -0.465 e. The van der Waals surface area contributed by atoms with E-state index in [0.29, 0.717) is 19.7 Å². The zero-order valence-electron chi connectivity index (χ0n) is 12.6. The number of fused-ring (bicyclic) bond motifs is 1. The number of rotatable bonds is 4. The molecule has 1 fully saturated rings. The summed E-state index contributed by atoms with van der Waals surface area (Å²) in [6.07, 6.45) is 1.47. The normalized spacial score (nSPS) is 16.3. The van der Waals surface area contributed by atoms with Gasteiger partial charge >= 0.3 is 6.09 Å². The number of aromatic nitrogens is 1. The number of nitrogens with zero attached hydrogens (tertiary/aromatic N) is 2. The molecule has 1 aromatic carbocycles. The molecule has 0 aliphatic carbocycles. The highest BCUT2D eigenvalue weighted by atomic mass is 16.5. The monoisotopic (exact) mass is 304 g/mol. The van der Waals surface area contributed by atoms with E-state index in [1.165, 1.54) is 4.90 Å². The molecular formula is C16H20N2O4. The molecule has 1 aliphatic rings. The first kappa shape index (κ1) is 14.8. The van der Waals surface area contributed by atoms with Gasteiger partial charge in [0.25, 0.3) is 0 Å². The Hall–Kier alpha value is -2.08. The maximum atomic E-state index is 11.0. The Morgan fingerprint density at radius 2 is 2.23 bits per heavy atom. The SMILES string of the molecule is COCCc1cccc2oc(C3CCN(C(=O)O)CC3)nc12. The molecule has 1 aliphatic heterocycles. The van der Waals surface area contributed by atoms with Crippen LogP contribution in [-0.2, 0) is 11.2 Å². The van der Waals surface area contributed by atoms with Crippen molar-refractivity contribution < 1.29 is 19.1 Å². The number of amides is 1. The van der Waals surface area contributed by atoms with Crippen LogP contribution in [0.15, 0.2) is 22.6 Å². The summed E-state index contributed by atoms with van der Waals surface area (Å²) in [6.45, 7) is 1.73. The highest BCUT2D eigenvalue weighted by Gasteiger charge is 2.27. The summed E-state index contributed by atoms with van der Waals surface area (Å²) in [6, 6.07) is 5.94. The van der Waals surface area contributed by atoms with Crippen LogP contribution in [0.2, 0.25) is 0 Å². The van der Waals surface area contributed by atoms with Gasteiger partial charge in [-0.3, -0.25) is 0 Å². The number of benzene rings is 1. The van der Waals surface area contributed by atoms with E-state index in [-0.39, 0.29) is 5.92 Å². The van der Waals surface area contributed by atoms with E-state index in [1.54, 1.807) is 7.11 Å². The molecule has 2 heterocycles. The molecule has 1 amide bonds. The molecule has 22 heavy (non-hydrogen) atoms. The number of para-hydroxylation sites is 1. The molecule has 6 nitrogen and oxygen atoms in total. The second-order valence-corrected chi connectivity index (χ2v) is 5.60. The van der Waals surface area contributed by atoms with Crippen molar-refractivity contribution in [1.82, 2.24) is 9.88 Å². The topological polar surface area (TPSA) is 75.8 Å². The van der Waals surface area contributed by atoms with Gasteiger partial charge in [-0.1, -0.05) is 12.1 Å². The van der Waals surface area contributed by atoms with Crippen molar-refractivity contribution in [3.8, 4) is 0 Å². The summed E-state index contributed by atoms with van der Waals surface area (Å²) in [5, 5.41) is 9.00. The predicted octanol–water partition coefficient (Wildman–Crippen LogP) is 2.87. The van der Waals surface area contributed by atoms with Crippen LogP contribution in [-0.4, -0.2) is 47.9 Å². The van der Waals surface area contributed by atoms with Gasteiger partial charge in [0, 0.05) is 26.1 Å². The first-order chi connectivity index (χ1) is 10.7. The lowest BCUT2D eigenvalue weighted by atomic mass is 9.97. The van der Waals surface area contributed by atoms with Crippen molar-refractivity contribution in [3.63, 3.8) is 0 Å². The molecule has 0 unspecified atom stereocenters. The van der Waals surface area contributed by atoms with Crippen molar-refractivity contribution in [2.75, 3.05) is 26.8 Å². The van der Waals surface area contributed by atoms with Crippen molar-refractivity contribution in [2.24, 2.45) is 0 Å². The zero-order valence-corrected chi connectivity index (χ0v) is 12.6. The van der Waals surface area contributed by atoms with Gasteiger partial charge in [0.1, 0.15) is 5.52 Å². The van der Waals surface area contributed by atoms with Crippen LogP contribution in [0.25, 0.3) is 11.1 Å². The predicted molar refractivity (Wildman–Crippen MR) is 81.2 cm³/mol. The minimum absolute atomic E-state index is 0.193. The molecule has 0 bridgehead atoms. The maximum absolute atomic E-state index is 11.0. The molecule has 3 rings (SSSR count). The van der Waals surface area contributed by atoms with Crippen LogP contribution < -0.4 is 0 Å². The van der Waals surface area contributed by atoms with Crippen molar-refractivity contribution >= 4 is 17.2 Å². The molecule has 0 atom stereocenters. The van der Waals surface area contributed by atoms with Crippen molar-refractivity contribution in [2.45, 2.75) is 25.2 Å². The van der Waals surface area contributed by atoms with Gasteiger partial charge in [0.15, 0.2) is 11.5 Å². The molecule has 0 saturated carbocycles. The molecule has 1 saturated heterocycles. The summed E-state index contributed by atoms with van der Waals surface area (Å²) in [5.41, 5.74) is 2.82. The molecule has 1 N–H and O–H groups in total. The van der Waals surface area contributed by atoms with E-state index in [1.807, 2.05) is 18.2 Å². The third kappa shape index (κ3) is 2.92. The van der Waals surface area contributed by atoms with E-state index in [0.717, 1.165) is 41.8 Å². The number of piperidine rings is 1. The van der Waals surface area contributed by atoms with Gasteiger partial charge in [-0.25, -0.2) is 9.78 Å². The summed E-state index contributed by atoms with van der Waals surface area (Å²) < 4.78 is 11.0. The molecule has 6 heteroatoms. The minimum atomic E-state index is -0.849. The summed E-state index contributed by atoms with van der Waals surface area (Å²) >= 11 is 0. The highest BCUT2D eigenvalue weighted by Crippen LogP contribution is 2.31. The molecule has 1 aromatic heterocycles. The molecule has 0 radical (unpaired) electrons. The Morgan fingerprint density at radius 3 is 2.91 bits per heavy atom. The van der Waals surface area contributed by atoms with E-state index in [2.05, 4.69) is 4.98 Å². The van der Waals surface area contributed by atoms with Crippen LogP contribution in [0, 0.1) is 0 Å².